The van der Waals surface area contributed by atoms with Crippen molar-refractivity contribution in [2.45, 2.75) is 26.4 Å². The standard InChI is InChI=1S/C16H26N6O.HI/c1-11-7-8-14(23-11)12(2)20-15(17-3)18-9-13-10-19-16(21(4)5)22(13)6;/h7-8,10,12H,9H2,1-6H3,(H2,17,18,20);1H. The van der Waals surface area contributed by atoms with E-state index in [0.717, 1.165) is 29.1 Å². The molecule has 0 aromatic carbocycles. The Morgan fingerprint density at radius 2 is 2.12 bits per heavy atom. The predicted molar refractivity (Wildman–Crippen MR) is 108 cm³/mol. The Balaban J connectivity index is 0.00000288. The number of aliphatic imine (C=N–C) groups is 1. The third-order valence-corrected chi connectivity index (χ3v) is 3.66. The Kier molecular flexibility index (Phi) is 7.59. The van der Waals surface area contributed by atoms with Crippen LogP contribution >= 0.6 is 24.0 Å². The molecule has 0 aliphatic heterocycles. The van der Waals surface area contributed by atoms with E-state index in [1.165, 1.54) is 0 Å². The summed E-state index contributed by atoms with van der Waals surface area (Å²) >= 11 is 0. The third-order valence-electron chi connectivity index (χ3n) is 3.66. The van der Waals surface area contributed by atoms with Crippen molar-refractivity contribution < 1.29 is 4.42 Å². The highest BCUT2D eigenvalue weighted by molar-refractivity contribution is 14.0. The van der Waals surface area contributed by atoms with Crippen LogP contribution in [-0.4, -0.2) is 36.7 Å². The fourth-order valence-electron chi connectivity index (χ4n) is 2.34. The zero-order valence-electron chi connectivity index (χ0n) is 15.1. The smallest absolute Gasteiger partial charge is 0.204 e. The number of anilines is 1. The first-order valence-electron chi connectivity index (χ1n) is 7.63. The van der Waals surface area contributed by atoms with Crippen molar-refractivity contribution >= 4 is 35.9 Å². The molecule has 0 bridgehead atoms. The van der Waals surface area contributed by atoms with E-state index in [-0.39, 0.29) is 30.0 Å². The van der Waals surface area contributed by atoms with Gasteiger partial charge in [0.1, 0.15) is 11.5 Å². The van der Waals surface area contributed by atoms with Crippen molar-refractivity contribution in [3.05, 3.63) is 35.5 Å². The van der Waals surface area contributed by atoms with Gasteiger partial charge in [0, 0.05) is 28.2 Å². The highest BCUT2D eigenvalue weighted by Crippen LogP contribution is 2.15. The summed E-state index contributed by atoms with van der Waals surface area (Å²) in [6.07, 6.45) is 1.87. The molecule has 1 unspecified atom stereocenters. The summed E-state index contributed by atoms with van der Waals surface area (Å²) in [4.78, 5) is 10.6. The van der Waals surface area contributed by atoms with Crippen LogP contribution in [0.1, 0.15) is 30.2 Å². The van der Waals surface area contributed by atoms with Crippen LogP contribution in [0.4, 0.5) is 5.95 Å². The molecule has 0 spiro atoms. The second kappa shape index (κ2) is 8.95. The number of nitrogens with zero attached hydrogens (tertiary/aromatic N) is 4. The molecule has 134 valence electrons. The van der Waals surface area contributed by atoms with Gasteiger partial charge in [0.25, 0.3) is 0 Å². The molecule has 2 aromatic heterocycles. The third kappa shape index (κ3) is 4.89. The first kappa shape index (κ1) is 20.3. The lowest BCUT2D eigenvalue weighted by atomic mass is 10.2. The Morgan fingerprint density at radius 3 is 2.62 bits per heavy atom. The van der Waals surface area contributed by atoms with Crippen molar-refractivity contribution in [3.8, 4) is 0 Å². The molecule has 2 heterocycles. The van der Waals surface area contributed by atoms with Gasteiger partial charge in [-0.15, -0.1) is 24.0 Å². The maximum atomic E-state index is 5.64. The lowest BCUT2D eigenvalue weighted by Crippen LogP contribution is -2.38. The molecule has 7 nitrogen and oxygen atoms in total. The molecule has 8 heteroatoms. The van der Waals surface area contributed by atoms with E-state index in [1.54, 1.807) is 7.05 Å². The van der Waals surface area contributed by atoms with E-state index < -0.39 is 0 Å². The number of hydrogen-bond donors (Lipinski definition) is 2. The summed E-state index contributed by atoms with van der Waals surface area (Å²) in [5.41, 5.74) is 1.08. The highest BCUT2D eigenvalue weighted by atomic mass is 127. The van der Waals surface area contributed by atoms with E-state index in [2.05, 4.69) is 25.2 Å². The van der Waals surface area contributed by atoms with Gasteiger partial charge in [0.05, 0.1) is 24.5 Å². The van der Waals surface area contributed by atoms with Crippen LogP contribution in [0.15, 0.2) is 27.7 Å². The molecule has 0 amide bonds. The minimum Gasteiger partial charge on any atom is -0.464 e. The van der Waals surface area contributed by atoms with Gasteiger partial charge in [0.15, 0.2) is 5.96 Å². The minimum absolute atomic E-state index is 0. The van der Waals surface area contributed by atoms with Gasteiger partial charge in [-0.3, -0.25) is 4.99 Å². The number of hydrogen-bond acceptors (Lipinski definition) is 4. The molecule has 0 aliphatic carbocycles. The lowest BCUT2D eigenvalue weighted by molar-refractivity contribution is 0.441. The van der Waals surface area contributed by atoms with Gasteiger partial charge in [-0.05, 0) is 26.0 Å². The molecule has 1 atom stereocenters. The van der Waals surface area contributed by atoms with Crippen LogP contribution in [-0.2, 0) is 13.6 Å². The summed E-state index contributed by atoms with van der Waals surface area (Å²) in [5, 5.41) is 6.62. The number of nitrogens with one attached hydrogen (secondary N) is 2. The molecular weight excluding hydrogens is 419 g/mol. The Morgan fingerprint density at radius 1 is 1.42 bits per heavy atom. The van der Waals surface area contributed by atoms with E-state index in [1.807, 2.05) is 58.2 Å². The second-order valence-electron chi connectivity index (χ2n) is 5.74. The normalized spacial score (nSPS) is 12.5. The van der Waals surface area contributed by atoms with Crippen molar-refractivity contribution in [2.75, 3.05) is 26.0 Å². The van der Waals surface area contributed by atoms with Gasteiger partial charge < -0.3 is 24.5 Å². The number of aromatic nitrogens is 2. The molecule has 2 aromatic rings. The van der Waals surface area contributed by atoms with Crippen molar-refractivity contribution in [3.63, 3.8) is 0 Å². The summed E-state index contributed by atoms with van der Waals surface area (Å²) < 4.78 is 7.69. The Labute approximate surface area is 160 Å². The number of aryl methyl sites for hydroxylation is 1. The van der Waals surface area contributed by atoms with Crippen LogP contribution in [0, 0.1) is 6.92 Å². The van der Waals surface area contributed by atoms with Crippen LogP contribution in [0.3, 0.4) is 0 Å². The van der Waals surface area contributed by atoms with Gasteiger partial charge >= 0.3 is 0 Å². The van der Waals surface area contributed by atoms with Gasteiger partial charge in [-0.2, -0.15) is 0 Å². The minimum atomic E-state index is 0. The van der Waals surface area contributed by atoms with Gasteiger partial charge in [-0.1, -0.05) is 0 Å². The first-order valence-corrected chi connectivity index (χ1v) is 7.63. The molecule has 2 rings (SSSR count). The predicted octanol–water partition coefficient (Wildman–Crippen LogP) is 2.43. The number of furan rings is 1. The summed E-state index contributed by atoms with van der Waals surface area (Å²) in [5.74, 6) is 3.44. The summed E-state index contributed by atoms with van der Waals surface area (Å²) in [7, 11) is 7.72. The molecular formula is C16H27IN6O. The number of imidazole rings is 1. The van der Waals surface area contributed by atoms with Crippen LogP contribution in [0.5, 0.6) is 0 Å². The largest absolute Gasteiger partial charge is 0.464 e. The van der Waals surface area contributed by atoms with Crippen LogP contribution in [0.25, 0.3) is 0 Å². The Hall–Kier alpha value is -1.71. The fraction of sp³-hybridized carbons (Fsp3) is 0.500. The second-order valence-corrected chi connectivity index (χ2v) is 5.74. The maximum Gasteiger partial charge on any atom is 0.204 e. The van der Waals surface area contributed by atoms with Crippen molar-refractivity contribution in [2.24, 2.45) is 12.0 Å². The molecule has 0 saturated heterocycles. The average molecular weight is 446 g/mol. The topological polar surface area (TPSA) is 70.6 Å². The van der Waals surface area contributed by atoms with Crippen LogP contribution in [0.2, 0.25) is 0 Å². The number of rotatable bonds is 5. The molecule has 0 radical (unpaired) electrons. The average Bonchev–Trinajstić information content (AvgIpc) is 3.09. The van der Waals surface area contributed by atoms with Gasteiger partial charge in [-0.25, -0.2) is 4.98 Å². The number of halogens is 1. The van der Waals surface area contributed by atoms with E-state index in [4.69, 9.17) is 4.42 Å². The molecule has 0 saturated carbocycles. The maximum absolute atomic E-state index is 5.64. The van der Waals surface area contributed by atoms with E-state index >= 15 is 0 Å². The first-order chi connectivity index (χ1) is 10.9. The Bertz CT molecular complexity index is 676. The monoisotopic (exact) mass is 446 g/mol. The van der Waals surface area contributed by atoms with Crippen molar-refractivity contribution in [1.82, 2.24) is 20.2 Å². The molecule has 0 aliphatic rings. The molecule has 0 fully saturated rings. The zero-order chi connectivity index (χ0) is 17.0. The SMILES string of the molecule is CN=C(NCc1cnc(N(C)C)n1C)NC(C)c1ccc(C)o1.I. The molecule has 24 heavy (non-hydrogen) atoms. The zero-order valence-corrected chi connectivity index (χ0v) is 17.5. The van der Waals surface area contributed by atoms with Gasteiger partial charge in [0.2, 0.25) is 5.95 Å². The summed E-state index contributed by atoms with van der Waals surface area (Å²) in [6.45, 7) is 4.62. The molecule has 2 N–H and O–H groups in total. The highest BCUT2D eigenvalue weighted by Gasteiger charge is 2.12. The fourth-order valence-corrected chi connectivity index (χ4v) is 2.34. The van der Waals surface area contributed by atoms with Crippen LogP contribution < -0.4 is 15.5 Å². The quantitative estimate of drug-likeness (QED) is 0.420. The lowest BCUT2D eigenvalue weighted by Gasteiger charge is -2.17. The van der Waals surface area contributed by atoms with E-state index in [0.29, 0.717) is 6.54 Å². The summed E-state index contributed by atoms with van der Waals surface area (Å²) in [6, 6.07) is 3.98. The number of guanidine groups is 1. The van der Waals surface area contributed by atoms with E-state index in [9.17, 15) is 0 Å². The van der Waals surface area contributed by atoms with Crippen molar-refractivity contribution in [1.29, 1.82) is 0 Å².